The second kappa shape index (κ2) is 4.36. The van der Waals surface area contributed by atoms with Crippen molar-refractivity contribution in [1.29, 1.82) is 0 Å². The monoisotopic (exact) mass is 173 g/mol. The van der Waals surface area contributed by atoms with Crippen LogP contribution in [-0.4, -0.2) is 17.2 Å². The SMILES string of the molecule is CCC(C)C1NCCC(C)S1. The molecule has 3 atom stereocenters. The number of hydrogen-bond donors (Lipinski definition) is 1. The Bertz CT molecular complexity index is 116. The van der Waals surface area contributed by atoms with Gasteiger partial charge in [0.15, 0.2) is 0 Å². The van der Waals surface area contributed by atoms with Crippen LogP contribution in [-0.2, 0) is 0 Å². The Hall–Kier alpha value is 0.310. The molecule has 1 nitrogen and oxygen atoms in total. The van der Waals surface area contributed by atoms with Crippen LogP contribution in [0.15, 0.2) is 0 Å². The van der Waals surface area contributed by atoms with E-state index in [2.05, 4.69) is 37.8 Å². The summed E-state index contributed by atoms with van der Waals surface area (Å²) in [5.41, 5.74) is 0. The third kappa shape index (κ3) is 2.68. The molecule has 0 bridgehead atoms. The van der Waals surface area contributed by atoms with Crippen LogP contribution in [0.4, 0.5) is 0 Å². The predicted molar refractivity (Wildman–Crippen MR) is 52.9 cm³/mol. The van der Waals surface area contributed by atoms with Gasteiger partial charge in [-0.2, -0.15) is 0 Å². The molecule has 66 valence electrons. The third-order valence-electron chi connectivity index (χ3n) is 2.44. The summed E-state index contributed by atoms with van der Waals surface area (Å²) < 4.78 is 0. The van der Waals surface area contributed by atoms with E-state index in [1.165, 1.54) is 19.4 Å². The standard InChI is InChI=1S/C9H19NS/c1-4-7(2)9-10-6-5-8(3)11-9/h7-10H,4-6H2,1-3H3. The van der Waals surface area contributed by atoms with E-state index in [1.54, 1.807) is 0 Å². The molecule has 3 unspecified atom stereocenters. The zero-order chi connectivity index (χ0) is 8.27. The van der Waals surface area contributed by atoms with E-state index in [0.717, 1.165) is 11.2 Å². The lowest BCUT2D eigenvalue weighted by Gasteiger charge is -2.31. The van der Waals surface area contributed by atoms with E-state index < -0.39 is 0 Å². The van der Waals surface area contributed by atoms with Crippen molar-refractivity contribution in [2.75, 3.05) is 6.54 Å². The molecular formula is C9H19NS. The molecule has 11 heavy (non-hydrogen) atoms. The van der Waals surface area contributed by atoms with Crippen LogP contribution in [0.25, 0.3) is 0 Å². The quantitative estimate of drug-likeness (QED) is 0.688. The maximum atomic E-state index is 3.56. The minimum atomic E-state index is 0.712. The number of nitrogens with one attached hydrogen (secondary N) is 1. The summed E-state index contributed by atoms with van der Waals surface area (Å²) >= 11 is 2.11. The molecular weight excluding hydrogens is 154 g/mol. The fraction of sp³-hybridized carbons (Fsp3) is 1.00. The Morgan fingerprint density at radius 1 is 1.64 bits per heavy atom. The van der Waals surface area contributed by atoms with Gasteiger partial charge in [0.1, 0.15) is 0 Å². The first-order valence-electron chi connectivity index (χ1n) is 4.63. The molecule has 0 aliphatic carbocycles. The first-order valence-corrected chi connectivity index (χ1v) is 5.57. The molecule has 1 fully saturated rings. The highest BCUT2D eigenvalue weighted by atomic mass is 32.2. The molecule has 0 aromatic carbocycles. The Labute approximate surface area is 74.3 Å². The summed E-state index contributed by atoms with van der Waals surface area (Å²) in [6, 6.07) is 0. The van der Waals surface area contributed by atoms with Crippen LogP contribution in [0.5, 0.6) is 0 Å². The molecule has 0 aromatic rings. The topological polar surface area (TPSA) is 12.0 Å². The minimum absolute atomic E-state index is 0.712. The van der Waals surface area contributed by atoms with Crippen LogP contribution in [0.1, 0.15) is 33.6 Å². The Morgan fingerprint density at radius 3 is 2.91 bits per heavy atom. The lowest BCUT2D eigenvalue weighted by atomic mass is 10.1. The zero-order valence-electron chi connectivity index (χ0n) is 7.76. The zero-order valence-corrected chi connectivity index (χ0v) is 8.58. The lowest BCUT2D eigenvalue weighted by Crippen LogP contribution is -2.38. The van der Waals surface area contributed by atoms with E-state index in [0.29, 0.717) is 5.37 Å². The van der Waals surface area contributed by atoms with Gasteiger partial charge in [0.25, 0.3) is 0 Å². The van der Waals surface area contributed by atoms with Crippen molar-refractivity contribution in [2.45, 2.75) is 44.2 Å². The van der Waals surface area contributed by atoms with Gasteiger partial charge < -0.3 is 5.32 Å². The first-order chi connectivity index (χ1) is 5.24. The average molecular weight is 173 g/mol. The molecule has 1 aliphatic heterocycles. The Balaban J connectivity index is 2.33. The van der Waals surface area contributed by atoms with Crippen LogP contribution >= 0.6 is 11.8 Å². The Morgan fingerprint density at radius 2 is 2.36 bits per heavy atom. The molecule has 1 aliphatic rings. The number of rotatable bonds is 2. The second-order valence-electron chi connectivity index (χ2n) is 3.50. The van der Waals surface area contributed by atoms with Gasteiger partial charge in [-0.15, -0.1) is 11.8 Å². The van der Waals surface area contributed by atoms with Crippen LogP contribution in [0.3, 0.4) is 0 Å². The van der Waals surface area contributed by atoms with E-state index in [4.69, 9.17) is 0 Å². The van der Waals surface area contributed by atoms with Crippen molar-refractivity contribution in [3.8, 4) is 0 Å². The molecule has 1 saturated heterocycles. The summed E-state index contributed by atoms with van der Waals surface area (Å²) in [6.07, 6.45) is 2.62. The molecule has 2 heteroatoms. The van der Waals surface area contributed by atoms with Crippen LogP contribution in [0.2, 0.25) is 0 Å². The van der Waals surface area contributed by atoms with E-state index in [9.17, 15) is 0 Å². The molecule has 0 amide bonds. The van der Waals surface area contributed by atoms with Gasteiger partial charge in [-0.25, -0.2) is 0 Å². The van der Waals surface area contributed by atoms with Gasteiger partial charge in [-0.3, -0.25) is 0 Å². The van der Waals surface area contributed by atoms with Gasteiger partial charge in [-0.05, 0) is 18.9 Å². The maximum Gasteiger partial charge on any atom is 0.0560 e. The van der Waals surface area contributed by atoms with Gasteiger partial charge in [0.05, 0.1) is 5.37 Å². The van der Waals surface area contributed by atoms with Crippen LogP contribution < -0.4 is 5.32 Å². The van der Waals surface area contributed by atoms with Crippen LogP contribution in [0, 0.1) is 5.92 Å². The number of thioether (sulfide) groups is 1. The van der Waals surface area contributed by atoms with Gasteiger partial charge >= 0.3 is 0 Å². The second-order valence-corrected chi connectivity index (χ2v) is 5.08. The fourth-order valence-electron chi connectivity index (χ4n) is 1.34. The highest BCUT2D eigenvalue weighted by Crippen LogP contribution is 2.28. The largest absolute Gasteiger partial charge is 0.305 e. The smallest absolute Gasteiger partial charge is 0.0560 e. The van der Waals surface area contributed by atoms with Gasteiger partial charge in [-0.1, -0.05) is 27.2 Å². The van der Waals surface area contributed by atoms with E-state index >= 15 is 0 Å². The lowest BCUT2D eigenvalue weighted by molar-refractivity contribution is 0.448. The van der Waals surface area contributed by atoms with Crippen molar-refractivity contribution in [2.24, 2.45) is 5.92 Å². The van der Waals surface area contributed by atoms with Gasteiger partial charge in [0.2, 0.25) is 0 Å². The van der Waals surface area contributed by atoms with E-state index in [-0.39, 0.29) is 0 Å². The Kier molecular flexibility index (Phi) is 3.73. The highest BCUT2D eigenvalue weighted by Gasteiger charge is 2.22. The molecule has 0 spiro atoms. The number of hydrogen-bond acceptors (Lipinski definition) is 2. The van der Waals surface area contributed by atoms with Crippen molar-refractivity contribution >= 4 is 11.8 Å². The maximum absolute atomic E-state index is 3.56. The van der Waals surface area contributed by atoms with Crippen molar-refractivity contribution in [3.05, 3.63) is 0 Å². The van der Waals surface area contributed by atoms with Crippen molar-refractivity contribution in [3.63, 3.8) is 0 Å². The minimum Gasteiger partial charge on any atom is -0.305 e. The summed E-state index contributed by atoms with van der Waals surface area (Å²) in [5, 5.41) is 5.13. The summed E-state index contributed by atoms with van der Waals surface area (Å²) in [7, 11) is 0. The highest BCUT2D eigenvalue weighted by molar-refractivity contribution is 8.00. The summed E-state index contributed by atoms with van der Waals surface area (Å²) in [5.74, 6) is 0.822. The summed E-state index contributed by atoms with van der Waals surface area (Å²) in [6.45, 7) is 8.15. The summed E-state index contributed by atoms with van der Waals surface area (Å²) in [4.78, 5) is 0. The van der Waals surface area contributed by atoms with Crippen molar-refractivity contribution < 1.29 is 0 Å². The normalized spacial score (nSPS) is 35.2. The van der Waals surface area contributed by atoms with E-state index in [1.807, 2.05) is 0 Å². The molecule has 0 saturated carbocycles. The molecule has 1 rings (SSSR count). The van der Waals surface area contributed by atoms with Crippen molar-refractivity contribution in [1.82, 2.24) is 5.32 Å². The first kappa shape index (κ1) is 9.40. The predicted octanol–water partition coefficient (Wildman–Crippen LogP) is 2.47. The third-order valence-corrected chi connectivity index (χ3v) is 4.06. The fourth-order valence-corrected chi connectivity index (χ4v) is 2.77. The molecule has 1 heterocycles. The average Bonchev–Trinajstić information content (AvgIpc) is 2.03. The molecule has 0 radical (unpaired) electrons. The molecule has 1 N–H and O–H groups in total. The molecule has 0 aromatic heterocycles. The van der Waals surface area contributed by atoms with Gasteiger partial charge in [0, 0.05) is 5.25 Å².